The van der Waals surface area contributed by atoms with Crippen LogP contribution in [0.15, 0.2) is 30.3 Å². The van der Waals surface area contributed by atoms with Gasteiger partial charge in [0.2, 0.25) is 0 Å². The Labute approximate surface area is 206 Å². The summed E-state index contributed by atoms with van der Waals surface area (Å²) in [5, 5.41) is 8.73. The largest absolute Gasteiger partial charge is 0.493 e. The highest BCUT2D eigenvalue weighted by molar-refractivity contribution is 5.60. The summed E-state index contributed by atoms with van der Waals surface area (Å²) in [6.45, 7) is 5.07. The Morgan fingerprint density at radius 2 is 1.50 bits per heavy atom. The first-order valence-corrected chi connectivity index (χ1v) is 13.9. The summed E-state index contributed by atoms with van der Waals surface area (Å²) >= 11 is 0. The lowest BCUT2D eigenvalue weighted by atomic mass is 9.78. The molecule has 1 aromatic heterocycles. The van der Waals surface area contributed by atoms with Crippen LogP contribution < -0.4 is 4.74 Å². The summed E-state index contributed by atoms with van der Waals surface area (Å²) in [4.78, 5) is 0. The van der Waals surface area contributed by atoms with Crippen LogP contribution in [-0.2, 0) is 6.42 Å². The molecule has 0 radical (unpaired) electrons. The van der Waals surface area contributed by atoms with Crippen molar-refractivity contribution in [1.29, 1.82) is 0 Å². The number of benzene rings is 1. The molecule has 34 heavy (non-hydrogen) atoms. The van der Waals surface area contributed by atoms with Crippen molar-refractivity contribution in [2.45, 2.75) is 110 Å². The lowest BCUT2D eigenvalue weighted by molar-refractivity contribution is 0.248. The van der Waals surface area contributed by atoms with Crippen molar-refractivity contribution in [3.05, 3.63) is 41.8 Å². The predicted molar refractivity (Wildman–Crippen MR) is 140 cm³/mol. The van der Waals surface area contributed by atoms with Crippen molar-refractivity contribution in [2.24, 2.45) is 11.8 Å². The van der Waals surface area contributed by atoms with E-state index in [1.54, 1.807) is 6.07 Å². The Bertz CT molecular complexity index is 815. The molecule has 1 heterocycles. The van der Waals surface area contributed by atoms with Crippen molar-refractivity contribution >= 4 is 0 Å². The van der Waals surface area contributed by atoms with E-state index in [0.29, 0.717) is 23.6 Å². The maximum absolute atomic E-state index is 14.6. The standard InChI is InChI=1S/C30H45FN2O/c1-3-5-7-8-9-11-24-12-14-25(15-13-24)16-17-26-18-21-30(33-32-26)28-20-19-27(23-29(28)31)34-22-10-6-4-2/h18-21,23-25H,3-17,22H2,1-2H3. The molecule has 0 amide bonds. The molecule has 3 rings (SSSR count). The van der Waals surface area contributed by atoms with Gasteiger partial charge in [-0.3, -0.25) is 0 Å². The third kappa shape index (κ3) is 9.00. The van der Waals surface area contributed by atoms with E-state index >= 15 is 0 Å². The second kappa shape index (κ2) is 15.1. The Balaban J connectivity index is 1.39. The van der Waals surface area contributed by atoms with E-state index in [-0.39, 0.29) is 5.82 Å². The summed E-state index contributed by atoms with van der Waals surface area (Å²) in [6.07, 6.45) is 19.4. The molecule has 1 saturated carbocycles. The Kier molecular flexibility index (Phi) is 11.8. The van der Waals surface area contributed by atoms with Crippen LogP contribution in [0.4, 0.5) is 4.39 Å². The van der Waals surface area contributed by atoms with Gasteiger partial charge < -0.3 is 4.74 Å². The summed E-state index contributed by atoms with van der Waals surface area (Å²) < 4.78 is 20.3. The van der Waals surface area contributed by atoms with Crippen molar-refractivity contribution < 1.29 is 9.13 Å². The molecule has 4 heteroatoms. The fourth-order valence-corrected chi connectivity index (χ4v) is 5.17. The number of nitrogens with zero attached hydrogens (tertiary/aromatic N) is 2. The van der Waals surface area contributed by atoms with Crippen molar-refractivity contribution in [2.75, 3.05) is 6.61 Å². The number of aromatic nitrogens is 2. The molecule has 2 aromatic rings. The normalized spacial score (nSPS) is 18.2. The van der Waals surface area contributed by atoms with Gasteiger partial charge in [0.25, 0.3) is 0 Å². The fourth-order valence-electron chi connectivity index (χ4n) is 5.17. The highest BCUT2D eigenvalue weighted by atomic mass is 19.1. The van der Waals surface area contributed by atoms with Gasteiger partial charge in [-0.1, -0.05) is 90.9 Å². The molecular weight excluding hydrogens is 423 g/mol. The number of rotatable bonds is 15. The van der Waals surface area contributed by atoms with E-state index < -0.39 is 0 Å². The second-order valence-corrected chi connectivity index (χ2v) is 10.2. The first-order valence-electron chi connectivity index (χ1n) is 13.9. The molecule has 0 atom stereocenters. The van der Waals surface area contributed by atoms with E-state index in [9.17, 15) is 4.39 Å². The predicted octanol–water partition coefficient (Wildman–Crippen LogP) is 8.95. The first kappa shape index (κ1) is 26.6. The fraction of sp³-hybridized carbons (Fsp3) is 0.667. The van der Waals surface area contributed by atoms with Crippen LogP contribution in [0.5, 0.6) is 5.75 Å². The van der Waals surface area contributed by atoms with Crippen LogP contribution in [0, 0.1) is 17.7 Å². The smallest absolute Gasteiger partial charge is 0.136 e. The van der Waals surface area contributed by atoms with Gasteiger partial charge in [0.05, 0.1) is 18.0 Å². The van der Waals surface area contributed by atoms with Crippen LogP contribution in [0.25, 0.3) is 11.3 Å². The van der Waals surface area contributed by atoms with E-state index in [2.05, 4.69) is 24.0 Å². The number of hydrogen-bond acceptors (Lipinski definition) is 3. The average molecular weight is 469 g/mol. The molecule has 3 nitrogen and oxygen atoms in total. The molecule has 0 saturated heterocycles. The van der Waals surface area contributed by atoms with Crippen LogP contribution in [0.3, 0.4) is 0 Å². The molecule has 0 unspecified atom stereocenters. The number of aryl methyl sites for hydroxylation is 1. The SMILES string of the molecule is CCCCCCCC1CCC(CCc2ccc(-c3ccc(OCCCCC)cc3F)nn2)CC1. The van der Waals surface area contributed by atoms with Gasteiger partial charge >= 0.3 is 0 Å². The lowest BCUT2D eigenvalue weighted by Gasteiger charge is -2.28. The summed E-state index contributed by atoms with van der Waals surface area (Å²) in [5.74, 6) is 2.05. The van der Waals surface area contributed by atoms with Gasteiger partial charge in [-0.05, 0) is 55.4 Å². The summed E-state index contributed by atoms with van der Waals surface area (Å²) in [5.41, 5.74) is 2.07. The third-order valence-electron chi connectivity index (χ3n) is 7.44. The quantitative estimate of drug-likeness (QED) is 0.245. The van der Waals surface area contributed by atoms with Gasteiger partial charge in [-0.2, -0.15) is 10.2 Å². The minimum atomic E-state index is -0.308. The van der Waals surface area contributed by atoms with Crippen LogP contribution in [-0.4, -0.2) is 16.8 Å². The van der Waals surface area contributed by atoms with Crippen LogP contribution in [0.2, 0.25) is 0 Å². The summed E-state index contributed by atoms with van der Waals surface area (Å²) in [7, 11) is 0. The van der Waals surface area contributed by atoms with E-state index in [1.165, 1.54) is 76.7 Å². The van der Waals surface area contributed by atoms with E-state index in [1.807, 2.05) is 18.2 Å². The first-order chi connectivity index (χ1) is 16.7. The van der Waals surface area contributed by atoms with Gasteiger partial charge in [0.15, 0.2) is 0 Å². The van der Waals surface area contributed by atoms with Gasteiger partial charge in [0, 0.05) is 11.6 Å². The van der Waals surface area contributed by atoms with E-state index in [0.717, 1.165) is 43.2 Å². The molecule has 0 spiro atoms. The zero-order valence-electron chi connectivity index (χ0n) is 21.5. The number of ether oxygens (including phenoxy) is 1. The maximum Gasteiger partial charge on any atom is 0.136 e. The average Bonchev–Trinajstić information content (AvgIpc) is 2.86. The van der Waals surface area contributed by atoms with Crippen LogP contribution in [0.1, 0.15) is 109 Å². The minimum Gasteiger partial charge on any atom is -0.493 e. The van der Waals surface area contributed by atoms with Gasteiger partial charge in [-0.15, -0.1) is 0 Å². The van der Waals surface area contributed by atoms with Crippen molar-refractivity contribution in [3.63, 3.8) is 0 Å². The molecule has 0 bridgehead atoms. The number of unbranched alkanes of at least 4 members (excludes halogenated alkanes) is 6. The highest BCUT2D eigenvalue weighted by Gasteiger charge is 2.21. The van der Waals surface area contributed by atoms with Gasteiger partial charge in [0.1, 0.15) is 11.6 Å². The lowest BCUT2D eigenvalue weighted by Crippen LogP contribution is -2.15. The third-order valence-corrected chi connectivity index (χ3v) is 7.44. The van der Waals surface area contributed by atoms with E-state index in [4.69, 9.17) is 4.74 Å². The minimum absolute atomic E-state index is 0.308. The number of hydrogen-bond donors (Lipinski definition) is 0. The molecular formula is C30H45FN2O. The molecule has 1 fully saturated rings. The Hall–Kier alpha value is -1.97. The van der Waals surface area contributed by atoms with Crippen molar-refractivity contribution in [1.82, 2.24) is 10.2 Å². The molecule has 0 aliphatic heterocycles. The monoisotopic (exact) mass is 468 g/mol. The zero-order valence-corrected chi connectivity index (χ0v) is 21.5. The molecule has 1 aromatic carbocycles. The second-order valence-electron chi connectivity index (χ2n) is 10.2. The number of halogens is 1. The van der Waals surface area contributed by atoms with Crippen molar-refractivity contribution in [3.8, 4) is 17.0 Å². The highest BCUT2D eigenvalue weighted by Crippen LogP contribution is 2.34. The molecule has 188 valence electrons. The van der Waals surface area contributed by atoms with Crippen LogP contribution >= 0.6 is 0 Å². The Morgan fingerprint density at radius 1 is 0.794 bits per heavy atom. The summed E-state index contributed by atoms with van der Waals surface area (Å²) in [6, 6.07) is 8.94. The molecule has 1 aliphatic carbocycles. The topological polar surface area (TPSA) is 35.0 Å². The maximum atomic E-state index is 14.6. The Morgan fingerprint density at radius 3 is 2.18 bits per heavy atom. The zero-order chi connectivity index (χ0) is 24.0. The molecule has 0 N–H and O–H groups in total. The van der Waals surface area contributed by atoms with Gasteiger partial charge in [-0.25, -0.2) is 4.39 Å². The molecule has 1 aliphatic rings.